The van der Waals surface area contributed by atoms with E-state index in [9.17, 15) is 14.4 Å². The van der Waals surface area contributed by atoms with Crippen LogP contribution in [0.25, 0.3) is 0 Å². The number of aryl methyl sites for hydroxylation is 2. The molecule has 3 amide bonds. The summed E-state index contributed by atoms with van der Waals surface area (Å²) in [4.78, 5) is 39.1. The molecule has 130 valence electrons. The highest BCUT2D eigenvalue weighted by molar-refractivity contribution is 7.99. The number of thioether (sulfide) groups is 1. The van der Waals surface area contributed by atoms with Crippen molar-refractivity contribution in [3.63, 3.8) is 0 Å². The summed E-state index contributed by atoms with van der Waals surface area (Å²) in [6.45, 7) is 5.34. The van der Waals surface area contributed by atoms with Crippen LogP contribution < -0.4 is 5.32 Å². The van der Waals surface area contributed by atoms with Gasteiger partial charge in [-0.3, -0.25) is 14.4 Å². The third-order valence-electron chi connectivity index (χ3n) is 4.06. The quantitative estimate of drug-likeness (QED) is 0.897. The van der Waals surface area contributed by atoms with Crippen molar-refractivity contribution in [1.82, 2.24) is 9.80 Å². The third-order valence-corrected chi connectivity index (χ3v) is 5.07. The number of carbonyl (C=O) groups is 3. The van der Waals surface area contributed by atoms with Gasteiger partial charge in [0.2, 0.25) is 17.7 Å². The van der Waals surface area contributed by atoms with Crippen LogP contribution in [-0.4, -0.2) is 58.8 Å². The lowest BCUT2D eigenvalue weighted by Crippen LogP contribution is -2.48. The molecule has 1 aromatic rings. The third kappa shape index (κ3) is 4.29. The first kappa shape index (κ1) is 18.3. The van der Waals surface area contributed by atoms with Crippen molar-refractivity contribution in [2.45, 2.75) is 26.8 Å². The Labute approximate surface area is 146 Å². The zero-order chi connectivity index (χ0) is 17.9. The van der Waals surface area contributed by atoms with Crippen molar-refractivity contribution in [2.24, 2.45) is 0 Å². The SMILES string of the molecule is CC(=O)N(C)CC(=O)N1CSC[C@H]1C(=O)Nc1ccc(C)cc1C. The minimum Gasteiger partial charge on any atom is -0.337 e. The van der Waals surface area contributed by atoms with Crippen molar-refractivity contribution >= 4 is 35.2 Å². The molecule has 0 spiro atoms. The Balaban J connectivity index is 2.05. The van der Waals surface area contributed by atoms with Crippen molar-refractivity contribution in [2.75, 3.05) is 30.5 Å². The lowest BCUT2D eigenvalue weighted by atomic mass is 10.1. The molecule has 0 radical (unpaired) electrons. The van der Waals surface area contributed by atoms with Gasteiger partial charge in [0.05, 0.1) is 12.4 Å². The molecule has 1 atom stereocenters. The van der Waals surface area contributed by atoms with E-state index in [0.29, 0.717) is 11.6 Å². The second kappa shape index (κ2) is 7.70. The van der Waals surface area contributed by atoms with Gasteiger partial charge in [0.25, 0.3) is 0 Å². The van der Waals surface area contributed by atoms with Gasteiger partial charge in [-0.25, -0.2) is 0 Å². The molecule has 1 heterocycles. The van der Waals surface area contributed by atoms with E-state index in [0.717, 1.165) is 16.8 Å². The fourth-order valence-electron chi connectivity index (χ4n) is 2.48. The van der Waals surface area contributed by atoms with Crippen LogP contribution in [0.4, 0.5) is 5.69 Å². The average Bonchev–Trinajstić information content (AvgIpc) is 2.99. The van der Waals surface area contributed by atoms with Crippen LogP contribution in [0.2, 0.25) is 0 Å². The largest absolute Gasteiger partial charge is 0.337 e. The number of benzene rings is 1. The summed E-state index contributed by atoms with van der Waals surface area (Å²) in [6, 6.07) is 5.31. The van der Waals surface area contributed by atoms with E-state index >= 15 is 0 Å². The number of amides is 3. The molecule has 0 aliphatic carbocycles. The number of hydrogen-bond donors (Lipinski definition) is 1. The number of nitrogens with one attached hydrogen (secondary N) is 1. The van der Waals surface area contributed by atoms with Crippen LogP contribution in [0, 0.1) is 13.8 Å². The summed E-state index contributed by atoms with van der Waals surface area (Å²) in [5.41, 5.74) is 2.88. The molecule has 0 bridgehead atoms. The molecule has 7 heteroatoms. The molecule has 6 nitrogen and oxygen atoms in total. The summed E-state index contributed by atoms with van der Waals surface area (Å²) in [5.74, 6) is 0.456. The second-order valence-corrected chi connectivity index (χ2v) is 7.06. The summed E-state index contributed by atoms with van der Waals surface area (Å²) in [5, 5.41) is 2.91. The van der Waals surface area contributed by atoms with Gasteiger partial charge < -0.3 is 15.1 Å². The monoisotopic (exact) mass is 349 g/mol. The van der Waals surface area contributed by atoms with Crippen molar-refractivity contribution in [3.05, 3.63) is 29.3 Å². The Kier molecular flexibility index (Phi) is 5.88. The first-order chi connectivity index (χ1) is 11.3. The zero-order valence-corrected chi connectivity index (χ0v) is 15.3. The maximum Gasteiger partial charge on any atom is 0.248 e. The molecule has 0 saturated carbocycles. The number of anilines is 1. The lowest BCUT2D eigenvalue weighted by Gasteiger charge is -2.25. The van der Waals surface area contributed by atoms with Crippen LogP contribution in [0.5, 0.6) is 0 Å². The smallest absolute Gasteiger partial charge is 0.248 e. The van der Waals surface area contributed by atoms with Gasteiger partial charge in [-0.15, -0.1) is 11.8 Å². The molecule has 1 fully saturated rings. The highest BCUT2D eigenvalue weighted by Crippen LogP contribution is 2.23. The van der Waals surface area contributed by atoms with Gasteiger partial charge in [0.1, 0.15) is 6.04 Å². The summed E-state index contributed by atoms with van der Waals surface area (Å²) in [7, 11) is 1.58. The summed E-state index contributed by atoms with van der Waals surface area (Å²) < 4.78 is 0. The molecule has 1 N–H and O–H groups in total. The lowest BCUT2D eigenvalue weighted by molar-refractivity contribution is -0.140. The molecule has 1 aliphatic heterocycles. The average molecular weight is 349 g/mol. The molecular weight excluding hydrogens is 326 g/mol. The van der Waals surface area contributed by atoms with Crippen LogP contribution >= 0.6 is 11.8 Å². The van der Waals surface area contributed by atoms with E-state index in [-0.39, 0.29) is 24.3 Å². The Morgan fingerprint density at radius 1 is 1.33 bits per heavy atom. The first-order valence-electron chi connectivity index (χ1n) is 7.76. The van der Waals surface area contributed by atoms with E-state index in [4.69, 9.17) is 0 Å². The number of rotatable bonds is 4. The van der Waals surface area contributed by atoms with E-state index < -0.39 is 6.04 Å². The fraction of sp³-hybridized carbons (Fsp3) is 0.471. The molecule has 0 unspecified atom stereocenters. The second-order valence-electron chi connectivity index (χ2n) is 6.06. The van der Waals surface area contributed by atoms with Crippen LogP contribution in [0.15, 0.2) is 18.2 Å². The van der Waals surface area contributed by atoms with Gasteiger partial charge in [0, 0.05) is 25.4 Å². The molecule has 1 saturated heterocycles. The Morgan fingerprint density at radius 2 is 2.04 bits per heavy atom. The maximum atomic E-state index is 12.6. The van der Waals surface area contributed by atoms with Crippen molar-refractivity contribution in [1.29, 1.82) is 0 Å². The minimum atomic E-state index is -0.511. The predicted molar refractivity (Wildman–Crippen MR) is 95.8 cm³/mol. The Bertz CT molecular complexity index is 662. The Morgan fingerprint density at radius 3 is 2.67 bits per heavy atom. The topological polar surface area (TPSA) is 69.7 Å². The normalized spacial score (nSPS) is 16.8. The molecule has 1 aromatic carbocycles. The van der Waals surface area contributed by atoms with Gasteiger partial charge in [-0.1, -0.05) is 17.7 Å². The van der Waals surface area contributed by atoms with Gasteiger partial charge in [-0.05, 0) is 25.5 Å². The van der Waals surface area contributed by atoms with Crippen molar-refractivity contribution < 1.29 is 14.4 Å². The molecule has 0 aromatic heterocycles. The standard InChI is InChI=1S/C17H23N3O3S/c1-11-5-6-14(12(2)7-11)18-17(23)15-9-24-10-20(15)16(22)8-19(4)13(3)21/h5-7,15H,8-10H2,1-4H3,(H,18,23)/t15-/m0/s1. The number of hydrogen-bond acceptors (Lipinski definition) is 4. The minimum absolute atomic E-state index is 0.0107. The molecule has 1 aliphatic rings. The van der Waals surface area contributed by atoms with Crippen LogP contribution in [-0.2, 0) is 14.4 Å². The zero-order valence-electron chi connectivity index (χ0n) is 14.5. The van der Waals surface area contributed by atoms with E-state index in [1.54, 1.807) is 23.7 Å². The first-order valence-corrected chi connectivity index (χ1v) is 8.92. The van der Waals surface area contributed by atoms with Gasteiger partial charge in [0.15, 0.2) is 0 Å². The summed E-state index contributed by atoms with van der Waals surface area (Å²) in [6.07, 6.45) is 0. The van der Waals surface area contributed by atoms with Gasteiger partial charge in [-0.2, -0.15) is 0 Å². The highest BCUT2D eigenvalue weighted by Gasteiger charge is 2.35. The highest BCUT2D eigenvalue weighted by atomic mass is 32.2. The van der Waals surface area contributed by atoms with Crippen LogP contribution in [0.3, 0.4) is 0 Å². The van der Waals surface area contributed by atoms with Crippen LogP contribution in [0.1, 0.15) is 18.1 Å². The van der Waals surface area contributed by atoms with E-state index in [1.165, 1.54) is 11.8 Å². The molecular formula is C17H23N3O3S. The van der Waals surface area contributed by atoms with E-state index in [2.05, 4.69) is 5.32 Å². The number of nitrogens with zero attached hydrogens (tertiary/aromatic N) is 2. The molecule has 24 heavy (non-hydrogen) atoms. The van der Waals surface area contributed by atoms with E-state index in [1.807, 2.05) is 32.0 Å². The number of carbonyl (C=O) groups excluding carboxylic acids is 3. The predicted octanol–water partition coefficient (Wildman–Crippen LogP) is 1.62. The Hall–Kier alpha value is -2.02. The molecule has 2 rings (SSSR count). The van der Waals surface area contributed by atoms with Gasteiger partial charge >= 0.3 is 0 Å². The number of likely N-dealkylation sites (N-methyl/N-ethyl adjacent to an activating group) is 1. The summed E-state index contributed by atoms with van der Waals surface area (Å²) >= 11 is 1.54. The van der Waals surface area contributed by atoms with Crippen molar-refractivity contribution in [3.8, 4) is 0 Å². The fourth-order valence-corrected chi connectivity index (χ4v) is 3.66. The maximum absolute atomic E-state index is 12.6.